The summed E-state index contributed by atoms with van der Waals surface area (Å²) in [6.07, 6.45) is 23.7. The van der Waals surface area contributed by atoms with Crippen LogP contribution in [-0.4, -0.2) is 75.3 Å². The molecular formula is C49H58N4O8. The van der Waals surface area contributed by atoms with Crippen molar-refractivity contribution in [1.29, 1.82) is 0 Å². The molecule has 5 atom stereocenters. The largest absolute Gasteiger partial charge is 0.504 e. The van der Waals surface area contributed by atoms with Crippen molar-refractivity contribution in [3.8, 4) is 17.2 Å². The van der Waals surface area contributed by atoms with E-state index in [4.69, 9.17) is 9.47 Å². The highest BCUT2D eigenvalue weighted by Crippen LogP contribution is 2.44. The number of rotatable bonds is 8. The molecule has 0 radical (unpaired) electrons. The first-order valence-corrected chi connectivity index (χ1v) is 21.3. The summed E-state index contributed by atoms with van der Waals surface area (Å²) < 4.78 is 13.3. The van der Waals surface area contributed by atoms with Gasteiger partial charge in [-0.1, -0.05) is 49.4 Å². The Labute approximate surface area is 357 Å². The number of benzene rings is 2. The molecule has 322 valence electrons. The van der Waals surface area contributed by atoms with E-state index in [1.54, 1.807) is 13.0 Å². The molecule has 2 aromatic heterocycles. The number of H-pyrrole nitrogens is 1. The summed E-state index contributed by atoms with van der Waals surface area (Å²) in [7, 11) is 1.40. The molecule has 4 heterocycles. The number of anilines is 1. The Hall–Kier alpha value is -6.01. The third kappa shape index (κ3) is 9.65. The number of nitrogens with zero attached hydrogens (tertiary/aromatic N) is 2. The minimum absolute atomic E-state index is 0.00583. The normalized spacial score (nSPS) is 23.5. The number of aromatic nitrogens is 2. The molecule has 12 heteroatoms. The topological polar surface area (TPSA) is 166 Å². The summed E-state index contributed by atoms with van der Waals surface area (Å²) in [5.41, 5.74) is 4.51. The Morgan fingerprint density at radius 1 is 1.03 bits per heavy atom. The molecule has 7 rings (SSSR count). The van der Waals surface area contributed by atoms with Crippen LogP contribution in [0, 0.1) is 17.3 Å². The second-order valence-electron chi connectivity index (χ2n) is 16.9. The standard InChI is InChI=1S/C49H58N4O8/c1-31-8-5-6-15-49(31)16-11-41(61-33(3)56)24-40(57)25-44(37-21-45(58)48(59)46(22-37)60-4)52-29-36-9-7-10-43(42(36)30-52)53(18-13-32(2)55)47-23-34(12-17-51-47)35(14-19-54)20-38-27-50-28-39(38)26-49/h5-10,12,15,21-23,27-31,35,41,44,50-51,54,58-59H,11,13-14,16-20,24-26H2,1-4H3/t31-,35+,41+,44-,49-/m0/s1. The average molecular weight is 831 g/mol. The number of aromatic hydroxyl groups is 2. The molecule has 0 saturated heterocycles. The minimum Gasteiger partial charge on any atom is -0.504 e. The lowest BCUT2D eigenvalue weighted by atomic mass is 9.66. The predicted molar refractivity (Wildman–Crippen MR) is 236 cm³/mol. The fourth-order valence-corrected chi connectivity index (χ4v) is 9.39. The molecular weight excluding hydrogens is 773 g/mol. The van der Waals surface area contributed by atoms with Crippen molar-refractivity contribution in [3.63, 3.8) is 0 Å². The molecule has 0 unspecified atom stereocenters. The van der Waals surface area contributed by atoms with E-state index < -0.39 is 23.9 Å². The number of ketones is 2. The molecule has 2 aliphatic heterocycles. The maximum atomic E-state index is 14.4. The summed E-state index contributed by atoms with van der Waals surface area (Å²) >= 11 is 0. The summed E-state index contributed by atoms with van der Waals surface area (Å²) in [5.74, 6) is -0.275. The van der Waals surface area contributed by atoms with Gasteiger partial charge in [-0.3, -0.25) is 14.4 Å². The van der Waals surface area contributed by atoms with Crippen LogP contribution in [0.3, 0.4) is 0 Å². The van der Waals surface area contributed by atoms with Gasteiger partial charge in [-0.25, -0.2) is 0 Å². The Morgan fingerprint density at radius 3 is 2.61 bits per heavy atom. The number of carbonyl (C=O) groups excluding carboxylic acids is 3. The number of allylic oxidation sites excluding steroid dienone is 6. The average Bonchev–Trinajstić information content (AvgIpc) is 3.87. The molecule has 0 amide bonds. The molecule has 1 aliphatic carbocycles. The van der Waals surface area contributed by atoms with Crippen LogP contribution >= 0.6 is 0 Å². The van der Waals surface area contributed by atoms with E-state index in [-0.39, 0.29) is 59.8 Å². The van der Waals surface area contributed by atoms with E-state index >= 15 is 0 Å². The van der Waals surface area contributed by atoms with E-state index in [0.29, 0.717) is 50.8 Å². The zero-order valence-corrected chi connectivity index (χ0v) is 35.5. The van der Waals surface area contributed by atoms with Gasteiger partial charge < -0.3 is 44.6 Å². The summed E-state index contributed by atoms with van der Waals surface area (Å²) in [6.45, 7) is 6.16. The summed E-state index contributed by atoms with van der Waals surface area (Å²) in [6, 6.07) is 8.39. The first-order valence-electron chi connectivity index (χ1n) is 21.3. The van der Waals surface area contributed by atoms with Crippen molar-refractivity contribution in [1.82, 2.24) is 14.9 Å². The van der Waals surface area contributed by atoms with Crippen LogP contribution in [0.4, 0.5) is 5.69 Å². The second kappa shape index (κ2) is 18.7. The zero-order chi connectivity index (χ0) is 43.3. The van der Waals surface area contributed by atoms with Crippen LogP contribution in [-0.2, 0) is 32.0 Å². The van der Waals surface area contributed by atoms with Crippen molar-refractivity contribution in [2.24, 2.45) is 17.3 Å². The number of phenols is 2. The van der Waals surface area contributed by atoms with E-state index in [1.807, 2.05) is 35.2 Å². The molecule has 0 fully saturated rings. The number of carbonyl (C=O) groups is 3. The van der Waals surface area contributed by atoms with Crippen LogP contribution < -0.4 is 15.0 Å². The number of aromatic amines is 1. The Bertz CT molecular complexity index is 2390. The monoisotopic (exact) mass is 830 g/mol. The van der Waals surface area contributed by atoms with Crippen molar-refractivity contribution in [2.75, 3.05) is 31.7 Å². The van der Waals surface area contributed by atoms with Gasteiger partial charge in [0, 0.05) is 81.4 Å². The fraction of sp³-hybridized carbons (Fsp3) is 0.408. The van der Waals surface area contributed by atoms with E-state index in [1.165, 1.54) is 31.2 Å². The van der Waals surface area contributed by atoms with E-state index in [9.17, 15) is 29.7 Å². The molecule has 1 spiro atoms. The van der Waals surface area contributed by atoms with E-state index in [0.717, 1.165) is 34.3 Å². The highest BCUT2D eigenvalue weighted by Gasteiger charge is 2.37. The van der Waals surface area contributed by atoms with Crippen molar-refractivity contribution >= 4 is 34.0 Å². The Kier molecular flexibility index (Phi) is 13.2. The highest BCUT2D eigenvalue weighted by atomic mass is 16.5. The Balaban J connectivity index is 1.39. The van der Waals surface area contributed by atoms with Crippen LogP contribution in [0.25, 0.3) is 10.8 Å². The van der Waals surface area contributed by atoms with Crippen molar-refractivity contribution in [3.05, 3.63) is 120 Å². The number of dihydropyridines is 1. The van der Waals surface area contributed by atoms with Crippen LogP contribution in [0.1, 0.15) is 82.0 Å². The zero-order valence-electron chi connectivity index (χ0n) is 35.5. The molecule has 3 aliphatic rings. The molecule has 61 heavy (non-hydrogen) atoms. The molecule has 0 saturated carbocycles. The molecule has 2 aromatic carbocycles. The smallest absolute Gasteiger partial charge is 0.302 e. The first kappa shape index (κ1) is 43.1. The number of hydrogen-bond acceptors (Lipinski definition) is 10. The van der Waals surface area contributed by atoms with Crippen LogP contribution in [0.5, 0.6) is 17.2 Å². The highest BCUT2D eigenvalue weighted by molar-refractivity contribution is 5.95. The maximum Gasteiger partial charge on any atom is 0.302 e. The van der Waals surface area contributed by atoms with Gasteiger partial charge in [0.15, 0.2) is 11.5 Å². The number of ether oxygens (including phenoxy) is 2. The number of esters is 1. The van der Waals surface area contributed by atoms with Crippen molar-refractivity contribution < 1.29 is 39.2 Å². The van der Waals surface area contributed by atoms with Crippen LogP contribution in [0.15, 0.2) is 103 Å². The van der Waals surface area contributed by atoms with Gasteiger partial charge in [0.2, 0.25) is 5.75 Å². The number of fused-ring (bicyclic) bond motifs is 3. The van der Waals surface area contributed by atoms with Gasteiger partial charge in [-0.05, 0) is 103 Å². The molecule has 4 aromatic rings. The number of hydrogen-bond donors (Lipinski definition) is 5. The molecule has 5 N–H and O–H groups in total. The lowest BCUT2D eigenvalue weighted by molar-refractivity contribution is -0.148. The Morgan fingerprint density at radius 2 is 1.85 bits per heavy atom. The molecule has 12 nitrogen and oxygen atoms in total. The van der Waals surface area contributed by atoms with Crippen LogP contribution in [0.2, 0.25) is 0 Å². The summed E-state index contributed by atoms with van der Waals surface area (Å²) in [4.78, 5) is 45.1. The van der Waals surface area contributed by atoms with E-state index in [2.05, 4.69) is 71.0 Å². The number of aliphatic hydroxyl groups excluding tert-OH is 1. The minimum atomic E-state index is -0.679. The predicted octanol–water partition coefficient (Wildman–Crippen LogP) is 7.74. The fourth-order valence-electron chi connectivity index (χ4n) is 9.39. The maximum absolute atomic E-state index is 14.4. The second-order valence-corrected chi connectivity index (χ2v) is 16.9. The van der Waals surface area contributed by atoms with Gasteiger partial charge in [0.1, 0.15) is 23.5 Å². The molecule has 4 bridgehead atoms. The lowest BCUT2D eigenvalue weighted by Crippen LogP contribution is -2.36. The summed E-state index contributed by atoms with van der Waals surface area (Å²) in [5, 5.41) is 37.2. The van der Waals surface area contributed by atoms with Gasteiger partial charge in [0.25, 0.3) is 0 Å². The SMILES string of the molecule is COc1cc([C@@H]2CC(=O)C[C@H](OC(C)=O)CC[C@@]3(C=CC=C[C@@H]3C)Cc3c[nH]cc3C[C@@H](CCO)C3=CCNC(=C3)N(CCC(C)=O)c3cccc4cn2cc34)cc(O)c1O. The van der Waals surface area contributed by atoms with Gasteiger partial charge in [-0.15, -0.1) is 0 Å². The number of nitrogens with one attached hydrogen (secondary N) is 2. The number of phenolic OH excluding ortho intramolecular Hbond substituents is 2. The quantitative estimate of drug-likeness (QED) is 0.0876. The first-order chi connectivity index (χ1) is 29.4. The number of aliphatic hydroxyl groups is 1. The van der Waals surface area contributed by atoms with Crippen molar-refractivity contribution in [2.45, 2.75) is 84.3 Å². The van der Waals surface area contributed by atoms with Gasteiger partial charge in [-0.2, -0.15) is 0 Å². The lowest BCUT2D eigenvalue weighted by Gasteiger charge is -2.38. The van der Waals surface area contributed by atoms with Gasteiger partial charge in [0.05, 0.1) is 18.8 Å². The third-order valence-corrected chi connectivity index (χ3v) is 12.8. The number of methoxy groups -OCH3 is 1. The number of Topliss-reactive ketones (excluding diaryl/α,β-unsaturated/α-hetero) is 2. The van der Waals surface area contributed by atoms with Gasteiger partial charge >= 0.3 is 5.97 Å². The third-order valence-electron chi connectivity index (χ3n) is 12.8.